The lowest BCUT2D eigenvalue weighted by atomic mass is 9.87. The molecular weight excluding hydrogens is 408 g/mol. The van der Waals surface area contributed by atoms with E-state index < -0.39 is 6.04 Å². The summed E-state index contributed by atoms with van der Waals surface area (Å²) in [6.45, 7) is 14.6. The van der Waals surface area contributed by atoms with Crippen LogP contribution in [-0.2, 0) is 21.5 Å². The molecule has 0 heterocycles. The summed E-state index contributed by atoms with van der Waals surface area (Å²) in [6.07, 6.45) is 1.64. The molecule has 0 saturated heterocycles. The average Bonchev–Trinajstić information content (AvgIpc) is 2.72. The Labute approximate surface area is 191 Å². The summed E-state index contributed by atoms with van der Waals surface area (Å²) in [5.74, 6) is -0.588. The Hall–Kier alpha value is -2.59. The van der Waals surface area contributed by atoms with Gasteiger partial charge in [-0.2, -0.15) is 0 Å². The molecule has 0 fully saturated rings. The normalized spacial score (nSPS) is 12.4. The van der Waals surface area contributed by atoms with E-state index in [0.717, 1.165) is 5.56 Å². The Bertz CT molecular complexity index is 896. The lowest BCUT2D eigenvalue weighted by molar-refractivity contribution is -0.142. The lowest BCUT2D eigenvalue weighted by Gasteiger charge is -2.32. The molecule has 5 heteroatoms. The molecule has 0 aliphatic carbocycles. The Morgan fingerprint density at radius 3 is 2.13 bits per heavy atom. The van der Waals surface area contributed by atoms with Gasteiger partial charge in [0.25, 0.3) is 0 Å². The van der Waals surface area contributed by atoms with Crippen molar-refractivity contribution in [2.24, 2.45) is 5.92 Å². The molecule has 4 nitrogen and oxygen atoms in total. The fraction of sp³-hybridized carbons (Fsp3) is 0.385. The van der Waals surface area contributed by atoms with Crippen LogP contribution >= 0.6 is 11.6 Å². The molecule has 0 aliphatic rings. The fourth-order valence-electron chi connectivity index (χ4n) is 3.32. The molecular formula is C26H33ClN2O2. The summed E-state index contributed by atoms with van der Waals surface area (Å²) in [5.41, 5.74) is 3.02. The van der Waals surface area contributed by atoms with Gasteiger partial charge in [-0.3, -0.25) is 9.59 Å². The predicted molar refractivity (Wildman–Crippen MR) is 128 cm³/mol. The monoisotopic (exact) mass is 440 g/mol. The van der Waals surface area contributed by atoms with E-state index in [2.05, 4.69) is 44.8 Å². The van der Waals surface area contributed by atoms with Gasteiger partial charge in [0.05, 0.1) is 0 Å². The third kappa shape index (κ3) is 6.70. The van der Waals surface area contributed by atoms with E-state index in [1.165, 1.54) is 5.56 Å². The summed E-state index contributed by atoms with van der Waals surface area (Å²) in [6, 6.07) is 14.5. The molecule has 2 aromatic carbocycles. The van der Waals surface area contributed by atoms with E-state index in [9.17, 15) is 9.59 Å². The summed E-state index contributed by atoms with van der Waals surface area (Å²) in [5, 5.41) is 3.58. The highest BCUT2D eigenvalue weighted by Gasteiger charge is 2.31. The molecule has 0 spiro atoms. The van der Waals surface area contributed by atoms with Gasteiger partial charge in [-0.1, -0.05) is 88.7 Å². The van der Waals surface area contributed by atoms with Crippen LogP contribution in [0.15, 0.2) is 61.2 Å². The van der Waals surface area contributed by atoms with Crippen molar-refractivity contribution < 1.29 is 9.59 Å². The maximum Gasteiger partial charge on any atom is 0.247 e. The van der Waals surface area contributed by atoms with Crippen LogP contribution in [0.2, 0.25) is 5.02 Å². The van der Waals surface area contributed by atoms with Crippen molar-refractivity contribution in [1.82, 2.24) is 10.2 Å². The Morgan fingerprint density at radius 1 is 1.06 bits per heavy atom. The van der Waals surface area contributed by atoms with Crippen molar-refractivity contribution in [1.29, 1.82) is 0 Å². The quantitative estimate of drug-likeness (QED) is 0.538. The fourth-order valence-corrected chi connectivity index (χ4v) is 3.45. The Kier molecular flexibility index (Phi) is 8.46. The van der Waals surface area contributed by atoms with Gasteiger partial charge in [-0.05, 0) is 34.2 Å². The third-order valence-electron chi connectivity index (χ3n) is 5.14. The molecule has 0 aliphatic heterocycles. The number of hydrogen-bond donors (Lipinski definition) is 1. The van der Waals surface area contributed by atoms with Crippen molar-refractivity contribution in [3.8, 4) is 0 Å². The molecule has 0 bridgehead atoms. The van der Waals surface area contributed by atoms with Crippen LogP contribution < -0.4 is 5.32 Å². The minimum atomic E-state index is -0.765. The first-order valence-electron chi connectivity index (χ1n) is 10.6. The van der Waals surface area contributed by atoms with Crippen molar-refractivity contribution in [3.05, 3.63) is 82.9 Å². The smallest absolute Gasteiger partial charge is 0.247 e. The Morgan fingerprint density at radius 2 is 1.65 bits per heavy atom. The predicted octanol–water partition coefficient (Wildman–Crippen LogP) is 5.67. The molecule has 31 heavy (non-hydrogen) atoms. The molecule has 0 radical (unpaired) electrons. The molecule has 0 saturated carbocycles. The molecule has 1 atom stereocenters. The van der Waals surface area contributed by atoms with E-state index in [0.29, 0.717) is 17.1 Å². The summed E-state index contributed by atoms with van der Waals surface area (Å²) >= 11 is 6.04. The van der Waals surface area contributed by atoms with E-state index in [4.69, 9.17) is 11.6 Å². The van der Waals surface area contributed by atoms with Crippen LogP contribution in [-0.4, -0.2) is 23.3 Å². The zero-order chi connectivity index (χ0) is 23.2. The number of nitrogens with one attached hydrogen (secondary N) is 1. The number of carbonyl (C=O) groups excluding carboxylic acids is 2. The second kappa shape index (κ2) is 10.6. The van der Waals surface area contributed by atoms with Gasteiger partial charge in [0, 0.05) is 24.0 Å². The molecule has 2 aromatic rings. The number of benzene rings is 2. The average molecular weight is 441 g/mol. The summed E-state index contributed by atoms with van der Waals surface area (Å²) in [7, 11) is 0. The Balaban J connectivity index is 2.28. The minimum absolute atomic E-state index is 0.0733. The number of nitrogens with zero attached hydrogens (tertiary/aromatic N) is 1. The standard InChI is InChI=1S/C26H33ClN2O2/c1-7-16-29(25(31)18(2)3)23(20-10-14-22(27)15-11-20)24(30)28-17-19-8-12-21(13-9-19)26(4,5)6/h7-15,18,23H,1,16-17H2,2-6H3,(H,28,30). The van der Waals surface area contributed by atoms with Gasteiger partial charge in [-0.15, -0.1) is 6.58 Å². The molecule has 166 valence electrons. The topological polar surface area (TPSA) is 49.4 Å². The zero-order valence-corrected chi connectivity index (χ0v) is 19.9. The largest absolute Gasteiger partial charge is 0.350 e. The lowest BCUT2D eigenvalue weighted by Crippen LogP contribution is -2.45. The van der Waals surface area contributed by atoms with Crippen LogP contribution in [0.4, 0.5) is 0 Å². The van der Waals surface area contributed by atoms with Crippen LogP contribution in [0.1, 0.15) is 57.4 Å². The molecule has 1 N–H and O–H groups in total. The van der Waals surface area contributed by atoms with Crippen molar-refractivity contribution in [3.63, 3.8) is 0 Å². The van der Waals surface area contributed by atoms with E-state index in [1.54, 1.807) is 35.2 Å². The number of carbonyl (C=O) groups is 2. The molecule has 2 rings (SSSR count). The number of amides is 2. The van der Waals surface area contributed by atoms with Gasteiger partial charge < -0.3 is 10.2 Å². The molecule has 2 amide bonds. The summed E-state index contributed by atoms with van der Waals surface area (Å²) < 4.78 is 0. The van der Waals surface area contributed by atoms with Crippen molar-refractivity contribution in [2.75, 3.05) is 6.54 Å². The van der Waals surface area contributed by atoms with Crippen LogP contribution in [0, 0.1) is 5.92 Å². The first-order valence-corrected chi connectivity index (χ1v) is 11.0. The second-order valence-electron chi connectivity index (χ2n) is 9.05. The van der Waals surface area contributed by atoms with Gasteiger partial charge >= 0.3 is 0 Å². The third-order valence-corrected chi connectivity index (χ3v) is 5.39. The minimum Gasteiger partial charge on any atom is -0.350 e. The second-order valence-corrected chi connectivity index (χ2v) is 9.49. The van der Waals surface area contributed by atoms with Gasteiger partial charge in [0.15, 0.2) is 0 Å². The van der Waals surface area contributed by atoms with Crippen LogP contribution in [0.5, 0.6) is 0 Å². The first kappa shape index (κ1) is 24.7. The van der Waals surface area contributed by atoms with Crippen molar-refractivity contribution in [2.45, 2.75) is 52.6 Å². The van der Waals surface area contributed by atoms with Crippen LogP contribution in [0.3, 0.4) is 0 Å². The SMILES string of the molecule is C=CCN(C(=O)C(C)C)C(C(=O)NCc1ccc(C(C)(C)C)cc1)c1ccc(Cl)cc1. The van der Waals surface area contributed by atoms with Gasteiger partial charge in [0.2, 0.25) is 11.8 Å². The van der Waals surface area contributed by atoms with E-state index in [1.807, 2.05) is 26.0 Å². The molecule has 1 unspecified atom stereocenters. The number of rotatable bonds is 8. The first-order chi connectivity index (χ1) is 14.5. The maximum absolute atomic E-state index is 13.3. The molecule has 0 aromatic heterocycles. The maximum atomic E-state index is 13.3. The van der Waals surface area contributed by atoms with E-state index >= 15 is 0 Å². The van der Waals surface area contributed by atoms with Gasteiger partial charge in [0.1, 0.15) is 6.04 Å². The number of halogens is 1. The zero-order valence-electron chi connectivity index (χ0n) is 19.1. The highest BCUT2D eigenvalue weighted by atomic mass is 35.5. The van der Waals surface area contributed by atoms with Crippen molar-refractivity contribution >= 4 is 23.4 Å². The highest BCUT2D eigenvalue weighted by molar-refractivity contribution is 6.30. The van der Waals surface area contributed by atoms with Crippen LogP contribution in [0.25, 0.3) is 0 Å². The van der Waals surface area contributed by atoms with E-state index in [-0.39, 0.29) is 29.7 Å². The highest BCUT2D eigenvalue weighted by Crippen LogP contribution is 2.26. The number of hydrogen-bond acceptors (Lipinski definition) is 2. The summed E-state index contributed by atoms with van der Waals surface area (Å²) in [4.78, 5) is 27.8. The van der Waals surface area contributed by atoms with Gasteiger partial charge in [-0.25, -0.2) is 0 Å².